The second-order valence-corrected chi connectivity index (χ2v) is 7.11. The van der Waals surface area contributed by atoms with E-state index in [1.807, 2.05) is 36.0 Å². The molecule has 1 aromatic heterocycles. The van der Waals surface area contributed by atoms with Crippen LogP contribution < -0.4 is 5.56 Å². The van der Waals surface area contributed by atoms with Crippen LogP contribution in [0, 0.1) is 6.92 Å². The summed E-state index contributed by atoms with van der Waals surface area (Å²) in [7, 11) is 0. The predicted molar refractivity (Wildman–Crippen MR) is 94.4 cm³/mol. The van der Waals surface area contributed by atoms with Crippen LogP contribution in [0.4, 0.5) is 0 Å². The van der Waals surface area contributed by atoms with Crippen molar-refractivity contribution in [1.82, 2.24) is 9.88 Å². The van der Waals surface area contributed by atoms with Gasteiger partial charge in [-0.05, 0) is 36.8 Å². The lowest BCUT2D eigenvalue weighted by Gasteiger charge is -2.35. The molecule has 1 atom stereocenters. The average molecular weight is 349 g/mol. The van der Waals surface area contributed by atoms with Crippen LogP contribution in [-0.4, -0.2) is 33.8 Å². The zero-order valence-electron chi connectivity index (χ0n) is 12.7. The summed E-state index contributed by atoms with van der Waals surface area (Å²) in [6, 6.07) is 10.9. The van der Waals surface area contributed by atoms with Gasteiger partial charge in [-0.2, -0.15) is 11.8 Å². The molecule has 0 spiro atoms. The topological polar surface area (TPSA) is 53.2 Å². The molecule has 6 heteroatoms. The molecule has 2 aromatic rings. The number of hydrogen-bond acceptors (Lipinski definition) is 3. The third-order valence-corrected chi connectivity index (χ3v) is 5.20. The van der Waals surface area contributed by atoms with Crippen molar-refractivity contribution in [2.45, 2.75) is 13.0 Å². The molecule has 1 aromatic carbocycles. The van der Waals surface area contributed by atoms with Crippen molar-refractivity contribution in [2.75, 3.05) is 18.1 Å². The Bertz CT molecular complexity index is 773. The van der Waals surface area contributed by atoms with Crippen LogP contribution in [0.1, 0.15) is 27.7 Å². The van der Waals surface area contributed by atoms with E-state index in [-0.39, 0.29) is 23.1 Å². The second-order valence-electron chi connectivity index (χ2n) is 5.52. The molecule has 1 amide bonds. The molecule has 0 bridgehead atoms. The lowest BCUT2D eigenvalue weighted by molar-refractivity contribution is 0.0699. The summed E-state index contributed by atoms with van der Waals surface area (Å²) in [6.45, 7) is 2.42. The van der Waals surface area contributed by atoms with Crippen molar-refractivity contribution in [3.05, 3.63) is 68.6 Å². The number of aromatic amines is 1. The Hall–Kier alpha value is -1.72. The summed E-state index contributed by atoms with van der Waals surface area (Å²) < 4.78 is 0. The fourth-order valence-electron chi connectivity index (χ4n) is 2.70. The minimum atomic E-state index is -0.330. The van der Waals surface area contributed by atoms with Crippen LogP contribution in [0.2, 0.25) is 5.02 Å². The van der Waals surface area contributed by atoms with Gasteiger partial charge in [0.25, 0.3) is 11.5 Å². The average Bonchev–Trinajstić information content (AvgIpc) is 2.55. The normalized spacial score (nSPS) is 18.0. The highest BCUT2D eigenvalue weighted by atomic mass is 35.5. The number of hydrogen-bond donors (Lipinski definition) is 1. The monoisotopic (exact) mass is 348 g/mol. The maximum absolute atomic E-state index is 12.9. The number of aromatic nitrogens is 1. The second kappa shape index (κ2) is 6.81. The van der Waals surface area contributed by atoms with Gasteiger partial charge < -0.3 is 9.88 Å². The first-order chi connectivity index (χ1) is 11.1. The Labute approximate surface area is 143 Å². The predicted octanol–water partition coefficient (Wildman–Crippen LogP) is 3.27. The molecule has 1 aliphatic heterocycles. The van der Waals surface area contributed by atoms with Crippen molar-refractivity contribution < 1.29 is 4.79 Å². The first-order valence-corrected chi connectivity index (χ1v) is 8.93. The maximum atomic E-state index is 12.9. The maximum Gasteiger partial charge on any atom is 0.260 e. The molecule has 0 radical (unpaired) electrons. The molecule has 1 saturated heterocycles. The third-order valence-electron chi connectivity index (χ3n) is 3.93. The number of nitrogens with zero attached hydrogens (tertiary/aromatic N) is 1. The minimum absolute atomic E-state index is 0.0424. The first kappa shape index (κ1) is 16.1. The highest BCUT2D eigenvalue weighted by Gasteiger charge is 2.30. The number of benzene rings is 1. The van der Waals surface area contributed by atoms with Gasteiger partial charge in [-0.25, -0.2) is 0 Å². The van der Waals surface area contributed by atoms with E-state index in [0.717, 1.165) is 22.8 Å². The number of amides is 1. The van der Waals surface area contributed by atoms with E-state index in [0.29, 0.717) is 11.6 Å². The van der Waals surface area contributed by atoms with Gasteiger partial charge in [0, 0.05) is 28.8 Å². The van der Waals surface area contributed by atoms with Crippen LogP contribution in [0.15, 0.2) is 41.2 Å². The van der Waals surface area contributed by atoms with E-state index >= 15 is 0 Å². The number of rotatable bonds is 2. The highest BCUT2D eigenvalue weighted by Crippen LogP contribution is 2.31. The lowest BCUT2D eigenvalue weighted by atomic mass is 10.1. The van der Waals surface area contributed by atoms with Crippen molar-refractivity contribution in [1.29, 1.82) is 0 Å². The Balaban J connectivity index is 1.93. The summed E-state index contributed by atoms with van der Waals surface area (Å²) in [6.07, 6.45) is 0. The largest absolute Gasteiger partial charge is 0.330 e. The molecule has 120 valence electrons. The number of carbonyl (C=O) groups is 1. The van der Waals surface area contributed by atoms with Crippen LogP contribution >= 0.6 is 23.4 Å². The molecule has 1 N–H and O–H groups in total. The van der Waals surface area contributed by atoms with Gasteiger partial charge in [0.15, 0.2) is 0 Å². The summed E-state index contributed by atoms with van der Waals surface area (Å²) in [5, 5.41) is 0.671. The summed E-state index contributed by atoms with van der Waals surface area (Å²) in [5.41, 5.74) is 1.65. The zero-order valence-corrected chi connectivity index (χ0v) is 14.3. The van der Waals surface area contributed by atoms with Crippen molar-refractivity contribution in [2.24, 2.45) is 0 Å². The van der Waals surface area contributed by atoms with E-state index in [4.69, 9.17) is 11.6 Å². The van der Waals surface area contributed by atoms with Gasteiger partial charge in [0.2, 0.25) is 0 Å². The van der Waals surface area contributed by atoms with Gasteiger partial charge in [-0.3, -0.25) is 9.59 Å². The highest BCUT2D eigenvalue weighted by molar-refractivity contribution is 7.99. The molecule has 0 aliphatic carbocycles. The van der Waals surface area contributed by atoms with Gasteiger partial charge in [0.05, 0.1) is 6.04 Å². The number of thioether (sulfide) groups is 1. The van der Waals surface area contributed by atoms with Crippen LogP contribution in [0.25, 0.3) is 0 Å². The Morgan fingerprint density at radius 2 is 2.00 bits per heavy atom. The number of pyridine rings is 1. The van der Waals surface area contributed by atoms with E-state index in [9.17, 15) is 9.59 Å². The SMILES string of the molecule is Cc1ccc(C(=O)N2CCSC[C@@H]2c2ccc(Cl)cc2)c(=O)[nH]1. The molecule has 1 fully saturated rings. The first-order valence-electron chi connectivity index (χ1n) is 7.40. The van der Waals surface area contributed by atoms with Crippen molar-refractivity contribution in [3.8, 4) is 0 Å². The van der Waals surface area contributed by atoms with Crippen LogP contribution in [-0.2, 0) is 0 Å². The fraction of sp³-hybridized carbons (Fsp3) is 0.294. The Morgan fingerprint density at radius 1 is 1.26 bits per heavy atom. The quantitative estimate of drug-likeness (QED) is 0.906. The van der Waals surface area contributed by atoms with E-state index in [1.165, 1.54) is 0 Å². The molecule has 23 heavy (non-hydrogen) atoms. The van der Waals surface area contributed by atoms with E-state index < -0.39 is 0 Å². The van der Waals surface area contributed by atoms with Crippen LogP contribution in [0.5, 0.6) is 0 Å². The summed E-state index contributed by atoms with van der Waals surface area (Å²) in [5.74, 6) is 1.48. The molecule has 2 heterocycles. The standard InChI is InChI=1S/C17H17ClN2O2S/c1-11-2-7-14(16(21)19-11)17(22)20-8-9-23-10-15(20)12-3-5-13(18)6-4-12/h2-7,15H,8-10H2,1H3,(H,19,21)/t15-/m1/s1. The molecule has 3 rings (SSSR count). The molecular weight excluding hydrogens is 332 g/mol. The van der Waals surface area contributed by atoms with Gasteiger partial charge in [0.1, 0.15) is 5.56 Å². The molecule has 4 nitrogen and oxygen atoms in total. The van der Waals surface area contributed by atoms with E-state index in [1.54, 1.807) is 24.0 Å². The fourth-order valence-corrected chi connectivity index (χ4v) is 3.92. The molecule has 0 unspecified atom stereocenters. The third kappa shape index (κ3) is 3.46. The van der Waals surface area contributed by atoms with Crippen molar-refractivity contribution >= 4 is 29.3 Å². The van der Waals surface area contributed by atoms with Crippen LogP contribution in [0.3, 0.4) is 0 Å². The lowest BCUT2D eigenvalue weighted by Crippen LogP contribution is -2.42. The summed E-state index contributed by atoms with van der Waals surface area (Å²) in [4.78, 5) is 29.4. The number of halogens is 1. The Kier molecular flexibility index (Phi) is 4.78. The van der Waals surface area contributed by atoms with E-state index in [2.05, 4.69) is 4.98 Å². The number of carbonyl (C=O) groups excluding carboxylic acids is 1. The number of aryl methyl sites for hydroxylation is 1. The molecule has 1 aliphatic rings. The summed E-state index contributed by atoms with van der Waals surface area (Å²) >= 11 is 7.76. The molecular formula is C17H17ClN2O2S. The van der Waals surface area contributed by atoms with Crippen molar-refractivity contribution in [3.63, 3.8) is 0 Å². The number of H-pyrrole nitrogens is 1. The van der Waals surface area contributed by atoms with Gasteiger partial charge in [-0.1, -0.05) is 23.7 Å². The van der Waals surface area contributed by atoms with Gasteiger partial charge in [-0.15, -0.1) is 0 Å². The minimum Gasteiger partial charge on any atom is -0.330 e. The smallest absolute Gasteiger partial charge is 0.260 e. The Morgan fingerprint density at radius 3 is 2.70 bits per heavy atom. The zero-order chi connectivity index (χ0) is 16.4. The number of nitrogens with one attached hydrogen (secondary N) is 1. The van der Waals surface area contributed by atoms with Gasteiger partial charge >= 0.3 is 0 Å². The molecule has 0 saturated carbocycles.